The quantitative estimate of drug-likeness (QED) is 0.282. The number of aromatic nitrogens is 1. The monoisotopic (exact) mass is 440 g/mol. The van der Waals surface area contributed by atoms with Crippen molar-refractivity contribution in [2.45, 2.75) is 27.7 Å². The minimum atomic E-state index is -0.508. The van der Waals surface area contributed by atoms with Crippen LogP contribution in [-0.4, -0.2) is 29.8 Å². The van der Waals surface area contributed by atoms with Crippen LogP contribution >= 0.6 is 11.3 Å². The standard InChI is InChI=1S/C22H24N4O4S/c1-6-30-19-10-16(9-18(26(27)28)21(19)29-5)11-23-25-22-24-17(12-31-22)20-14(3)7-13(2)8-15(20)4/h7-12H,6H2,1-5H3,(H,24,25)/b23-11-. The lowest BCUT2D eigenvalue weighted by atomic mass is 9.98. The molecule has 0 unspecified atom stereocenters. The largest absolute Gasteiger partial charge is 0.490 e. The summed E-state index contributed by atoms with van der Waals surface area (Å²) >= 11 is 1.44. The summed E-state index contributed by atoms with van der Waals surface area (Å²) in [6.45, 7) is 8.38. The molecule has 0 spiro atoms. The molecule has 0 aliphatic heterocycles. The normalized spacial score (nSPS) is 11.0. The van der Waals surface area contributed by atoms with Crippen LogP contribution in [0.2, 0.25) is 0 Å². The highest BCUT2D eigenvalue weighted by Crippen LogP contribution is 2.38. The van der Waals surface area contributed by atoms with Crippen LogP contribution in [0.25, 0.3) is 11.3 Å². The van der Waals surface area contributed by atoms with E-state index in [4.69, 9.17) is 9.47 Å². The van der Waals surface area contributed by atoms with Gasteiger partial charge in [0.05, 0.1) is 30.5 Å². The zero-order chi connectivity index (χ0) is 22.5. The third-order valence-corrected chi connectivity index (χ3v) is 5.32. The maximum Gasteiger partial charge on any atom is 0.315 e. The number of nitro groups is 1. The molecule has 0 aliphatic carbocycles. The van der Waals surface area contributed by atoms with Crippen molar-refractivity contribution in [2.75, 3.05) is 19.1 Å². The zero-order valence-electron chi connectivity index (χ0n) is 18.1. The summed E-state index contributed by atoms with van der Waals surface area (Å²) < 4.78 is 10.6. The van der Waals surface area contributed by atoms with Crippen LogP contribution in [0, 0.1) is 30.9 Å². The third kappa shape index (κ3) is 5.00. The number of hydrogen-bond acceptors (Lipinski definition) is 8. The van der Waals surface area contributed by atoms with E-state index in [1.165, 1.54) is 47.4 Å². The number of aryl methyl sites for hydroxylation is 3. The molecule has 162 valence electrons. The highest BCUT2D eigenvalue weighted by atomic mass is 32.1. The second-order valence-electron chi connectivity index (χ2n) is 6.94. The first-order chi connectivity index (χ1) is 14.8. The first kappa shape index (κ1) is 22.2. The van der Waals surface area contributed by atoms with E-state index >= 15 is 0 Å². The summed E-state index contributed by atoms with van der Waals surface area (Å²) in [6, 6.07) is 7.31. The molecule has 31 heavy (non-hydrogen) atoms. The molecule has 0 aliphatic rings. The van der Waals surface area contributed by atoms with Crippen LogP contribution in [-0.2, 0) is 0 Å². The van der Waals surface area contributed by atoms with E-state index < -0.39 is 4.92 Å². The Kier molecular flexibility index (Phi) is 6.86. The molecular formula is C22H24N4O4S. The number of hydrazone groups is 1. The topological polar surface area (TPSA) is 98.9 Å². The van der Waals surface area contributed by atoms with Gasteiger partial charge >= 0.3 is 5.69 Å². The Balaban J connectivity index is 1.83. The molecule has 8 nitrogen and oxygen atoms in total. The maximum absolute atomic E-state index is 11.4. The molecule has 0 saturated heterocycles. The molecule has 0 bridgehead atoms. The lowest BCUT2D eigenvalue weighted by Gasteiger charge is -2.10. The summed E-state index contributed by atoms with van der Waals surface area (Å²) in [5, 5.41) is 18.2. The number of hydrogen-bond donors (Lipinski definition) is 1. The summed E-state index contributed by atoms with van der Waals surface area (Å²) in [5.41, 5.74) is 8.79. The van der Waals surface area contributed by atoms with E-state index in [-0.39, 0.29) is 11.4 Å². The lowest BCUT2D eigenvalue weighted by molar-refractivity contribution is -0.385. The van der Waals surface area contributed by atoms with Gasteiger partial charge in [-0.3, -0.25) is 15.5 Å². The Bertz CT molecular complexity index is 1120. The number of rotatable bonds is 8. The van der Waals surface area contributed by atoms with Crippen LogP contribution in [0.15, 0.2) is 34.7 Å². The molecule has 0 radical (unpaired) electrons. The summed E-state index contributed by atoms with van der Waals surface area (Å²) in [7, 11) is 1.37. The van der Waals surface area contributed by atoms with Crippen molar-refractivity contribution in [1.29, 1.82) is 0 Å². The first-order valence-corrected chi connectivity index (χ1v) is 10.5. The van der Waals surface area contributed by atoms with Gasteiger partial charge in [-0.25, -0.2) is 4.98 Å². The van der Waals surface area contributed by atoms with E-state index in [1.807, 2.05) is 5.38 Å². The zero-order valence-corrected chi connectivity index (χ0v) is 18.9. The van der Waals surface area contributed by atoms with Crippen molar-refractivity contribution in [3.63, 3.8) is 0 Å². The van der Waals surface area contributed by atoms with Crippen molar-refractivity contribution in [3.05, 3.63) is 62.0 Å². The van der Waals surface area contributed by atoms with Gasteiger partial charge < -0.3 is 9.47 Å². The highest BCUT2D eigenvalue weighted by molar-refractivity contribution is 7.14. The summed E-state index contributed by atoms with van der Waals surface area (Å²) in [4.78, 5) is 15.5. The average Bonchev–Trinajstić information content (AvgIpc) is 3.15. The molecular weight excluding hydrogens is 416 g/mol. The fraction of sp³-hybridized carbons (Fsp3) is 0.273. The molecule has 2 aromatic carbocycles. The molecule has 0 saturated carbocycles. The van der Waals surface area contributed by atoms with E-state index in [9.17, 15) is 10.1 Å². The van der Waals surface area contributed by atoms with Crippen LogP contribution < -0.4 is 14.9 Å². The van der Waals surface area contributed by atoms with Gasteiger partial charge in [-0.15, -0.1) is 11.3 Å². The van der Waals surface area contributed by atoms with Gasteiger partial charge in [0.1, 0.15) is 0 Å². The Hall–Kier alpha value is -3.46. The molecule has 9 heteroatoms. The highest BCUT2D eigenvalue weighted by Gasteiger charge is 2.21. The SMILES string of the molecule is CCOc1cc(/C=N\Nc2nc(-c3c(C)cc(C)cc3C)cs2)cc([N+](=O)[O-])c1OC. The molecule has 0 amide bonds. The fourth-order valence-electron chi connectivity index (χ4n) is 3.47. The minimum Gasteiger partial charge on any atom is -0.490 e. The minimum absolute atomic E-state index is 0.0883. The molecule has 1 heterocycles. The van der Waals surface area contributed by atoms with Crippen LogP contribution in [0.1, 0.15) is 29.2 Å². The van der Waals surface area contributed by atoms with Crippen LogP contribution in [0.5, 0.6) is 11.5 Å². The molecule has 3 rings (SSSR count). The van der Waals surface area contributed by atoms with Crippen molar-refractivity contribution in [3.8, 4) is 22.8 Å². The van der Waals surface area contributed by atoms with Crippen molar-refractivity contribution < 1.29 is 14.4 Å². The smallest absolute Gasteiger partial charge is 0.315 e. The fourth-order valence-corrected chi connectivity index (χ4v) is 4.12. The van der Waals surface area contributed by atoms with Gasteiger partial charge in [-0.1, -0.05) is 17.7 Å². The molecule has 0 fully saturated rings. The lowest BCUT2D eigenvalue weighted by Crippen LogP contribution is -2.01. The Morgan fingerprint density at radius 3 is 2.55 bits per heavy atom. The number of nitro benzene ring substituents is 1. The first-order valence-electron chi connectivity index (χ1n) is 9.66. The van der Waals surface area contributed by atoms with E-state index in [0.717, 1.165) is 11.3 Å². The Morgan fingerprint density at radius 2 is 1.94 bits per heavy atom. The van der Waals surface area contributed by atoms with Crippen molar-refractivity contribution in [2.24, 2.45) is 5.10 Å². The second-order valence-corrected chi connectivity index (χ2v) is 7.80. The molecule has 1 aromatic heterocycles. The molecule has 3 aromatic rings. The molecule has 1 N–H and O–H groups in total. The van der Waals surface area contributed by atoms with Gasteiger partial charge in [0.25, 0.3) is 0 Å². The van der Waals surface area contributed by atoms with E-state index in [0.29, 0.717) is 23.1 Å². The number of nitrogens with zero attached hydrogens (tertiary/aromatic N) is 3. The second kappa shape index (κ2) is 9.57. The number of anilines is 1. The number of methoxy groups -OCH3 is 1. The van der Waals surface area contributed by atoms with Gasteiger partial charge in [-0.2, -0.15) is 5.10 Å². The van der Waals surface area contributed by atoms with Crippen molar-refractivity contribution >= 4 is 28.4 Å². The number of thiazole rings is 1. The average molecular weight is 441 g/mol. The van der Waals surface area contributed by atoms with E-state index in [2.05, 4.69) is 48.4 Å². The predicted molar refractivity (Wildman–Crippen MR) is 124 cm³/mol. The van der Waals surface area contributed by atoms with Crippen LogP contribution in [0.4, 0.5) is 10.8 Å². The predicted octanol–water partition coefficient (Wildman–Crippen LogP) is 5.50. The third-order valence-electron chi connectivity index (χ3n) is 4.57. The van der Waals surface area contributed by atoms with Gasteiger partial charge in [-0.05, 0) is 44.9 Å². The molecule has 0 atom stereocenters. The summed E-state index contributed by atoms with van der Waals surface area (Å²) in [6.07, 6.45) is 1.48. The maximum atomic E-state index is 11.4. The Morgan fingerprint density at radius 1 is 1.23 bits per heavy atom. The Labute approximate surface area is 184 Å². The van der Waals surface area contributed by atoms with E-state index in [1.54, 1.807) is 13.0 Å². The van der Waals surface area contributed by atoms with Gasteiger partial charge in [0.15, 0.2) is 5.75 Å². The van der Waals surface area contributed by atoms with Gasteiger partial charge in [0, 0.05) is 22.6 Å². The number of nitrogens with one attached hydrogen (secondary N) is 1. The van der Waals surface area contributed by atoms with Gasteiger partial charge in [0.2, 0.25) is 10.9 Å². The summed E-state index contributed by atoms with van der Waals surface area (Å²) in [5.74, 6) is 0.382. The number of ether oxygens (including phenoxy) is 2. The van der Waals surface area contributed by atoms with Crippen molar-refractivity contribution in [1.82, 2.24) is 4.98 Å². The van der Waals surface area contributed by atoms with Crippen LogP contribution in [0.3, 0.4) is 0 Å². The number of benzene rings is 2.